The van der Waals surface area contributed by atoms with Crippen LogP contribution >= 0.6 is 0 Å². The van der Waals surface area contributed by atoms with Gasteiger partial charge in [0.05, 0.1) is 0 Å². The first kappa shape index (κ1) is 18.8. The number of aliphatic carboxylic acids is 1. The summed E-state index contributed by atoms with van der Waals surface area (Å²) < 4.78 is 40.8. The van der Waals surface area contributed by atoms with E-state index in [1.165, 1.54) is 18.2 Å². The molecule has 0 saturated heterocycles. The summed E-state index contributed by atoms with van der Waals surface area (Å²) in [7, 11) is 0. The highest BCUT2D eigenvalue weighted by molar-refractivity contribution is 5.83. The molecule has 0 aromatic heterocycles. The number of carboxylic acid groups (broad SMARTS) is 1. The second-order valence-electron chi connectivity index (χ2n) is 5.28. The number of carboxylic acids is 1. The fourth-order valence-electron chi connectivity index (χ4n) is 1.94. The number of nitrogens with one attached hydrogen (secondary N) is 1. The molecule has 23 heavy (non-hydrogen) atoms. The summed E-state index contributed by atoms with van der Waals surface area (Å²) in [6.45, 7) is 3.29. The molecule has 0 saturated carbocycles. The average molecular weight is 333 g/mol. The predicted molar refractivity (Wildman–Crippen MR) is 75.9 cm³/mol. The number of carbonyl (C=O) groups excluding carboxylic acids is 1. The van der Waals surface area contributed by atoms with Crippen LogP contribution < -0.4 is 10.1 Å². The van der Waals surface area contributed by atoms with Crippen LogP contribution in [0.2, 0.25) is 0 Å². The minimum Gasteiger partial charge on any atom is -0.480 e. The molecular formula is C15H18F3NO4. The van der Waals surface area contributed by atoms with Crippen molar-refractivity contribution in [2.75, 3.05) is 0 Å². The Morgan fingerprint density at radius 3 is 2.39 bits per heavy atom. The summed E-state index contributed by atoms with van der Waals surface area (Å²) >= 11 is 0. The number of halogens is 3. The van der Waals surface area contributed by atoms with Gasteiger partial charge < -0.3 is 15.2 Å². The Hall–Kier alpha value is -2.25. The van der Waals surface area contributed by atoms with E-state index in [-0.39, 0.29) is 30.1 Å². The van der Waals surface area contributed by atoms with Crippen LogP contribution in [0, 0.1) is 5.92 Å². The van der Waals surface area contributed by atoms with Crippen LogP contribution in [0.25, 0.3) is 0 Å². The maximum atomic E-state index is 12.3. The lowest BCUT2D eigenvalue weighted by Crippen LogP contribution is -2.44. The van der Waals surface area contributed by atoms with E-state index in [0.717, 1.165) is 6.07 Å². The summed E-state index contributed by atoms with van der Waals surface area (Å²) in [6.07, 6.45) is -4.96. The highest BCUT2D eigenvalue weighted by Gasteiger charge is 2.32. The monoisotopic (exact) mass is 333 g/mol. The lowest BCUT2D eigenvalue weighted by Gasteiger charge is -2.18. The van der Waals surface area contributed by atoms with Crippen molar-refractivity contribution in [1.82, 2.24) is 5.32 Å². The zero-order chi connectivity index (χ0) is 17.6. The molecule has 0 spiro atoms. The van der Waals surface area contributed by atoms with Crippen molar-refractivity contribution in [3.05, 3.63) is 29.8 Å². The van der Waals surface area contributed by atoms with Crippen molar-refractivity contribution in [2.45, 2.75) is 39.1 Å². The van der Waals surface area contributed by atoms with Crippen LogP contribution in [0.4, 0.5) is 13.2 Å². The Balaban J connectivity index is 2.68. The Labute approximate surface area is 131 Å². The number of hydrogen-bond donors (Lipinski definition) is 2. The van der Waals surface area contributed by atoms with Crippen LogP contribution in [-0.4, -0.2) is 29.4 Å². The largest absolute Gasteiger partial charge is 0.573 e. The highest BCUT2D eigenvalue weighted by atomic mass is 19.4. The van der Waals surface area contributed by atoms with Gasteiger partial charge in [-0.05, 0) is 24.0 Å². The number of alkyl halides is 3. The summed E-state index contributed by atoms with van der Waals surface area (Å²) in [5.41, 5.74) is 0.219. The number of rotatable bonds is 7. The smallest absolute Gasteiger partial charge is 0.480 e. The molecule has 1 unspecified atom stereocenters. The van der Waals surface area contributed by atoms with E-state index in [9.17, 15) is 22.8 Å². The third-order valence-corrected chi connectivity index (χ3v) is 3.07. The molecule has 1 atom stereocenters. The van der Waals surface area contributed by atoms with Gasteiger partial charge in [-0.2, -0.15) is 0 Å². The van der Waals surface area contributed by atoms with Gasteiger partial charge >= 0.3 is 12.3 Å². The van der Waals surface area contributed by atoms with Crippen molar-refractivity contribution in [3.8, 4) is 5.75 Å². The van der Waals surface area contributed by atoms with Crippen LogP contribution in [0.3, 0.4) is 0 Å². The molecular weight excluding hydrogens is 315 g/mol. The molecule has 1 amide bonds. The van der Waals surface area contributed by atoms with Gasteiger partial charge in [0.1, 0.15) is 11.8 Å². The molecule has 0 aliphatic heterocycles. The molecule has 128 valence electrons. The van der Waals surface area contributed by atoms with Gasteiger partial charge in [-0.15, -0.1) is 13.2 Å². The highest BCUT2D eigenvalue weighted by Crippen LogP contribution is 2.26. The molecule has 1 aromatic rings. The second kappa shape index (κ2) is 7.85. The van der Waals surface area contributed by atoms with E-state index in [2.05, 4.69) is 10.1 Å². The minimum absolute atomic E-state index is 0.00250. The van der Waals surface area contributed by atoms with Crippen molar-refractivity contribution >= 4 is 11.9 Å². The molecule has 5 nitrogen and oxygen atoms in total. The Bertz CT molecular complexity index is 558. The predicted octanol–water partition coefficient (Wildman–Crippen LogP) is 2.74. The zero-order valence-electron chi connectivity index (χ0n) is 12.7. The number of carbonyl (C=O) groups is 2. The zero-order valence-corrected chi connectivity index (χ0v) is 12.7. The number of aryl methyl sites for hydroxylation is 1. The van der Waals surface area contributed by atoms with E-state index in [1.807, 2.05) is 0 Å². The van der Waals surface area contributed by atoms with Crippen LogP contribution in [-0.2, 0) is 16.0 Å². The van der Waals surface area contributed by atoms with E-state index in [1.54, 1.807) is 13.8 Å². The summed E-state index contributed by atoms with van der Waals surface area (Å²) in [4.78, 5) is 22.8. The summed E-state index contributed by atoms with van der Waals surface area (Å²) in [6, 6.07) is 4.47. The third-order valence-electron chi connectivity index (χ3n) is 3.07. The Morgan fingerprint density at radius 1 is 1.26 bits per heavy atom. The lowest BCUT2D eigenvalue weighted by atomic mass is 10.0. The first-order valence-electron chi connectivity index (χ1n) is 6.96. The van der Waals surface area contributed by atoms with Gasteiger partial charge in [-0.1, -0.05) is 32.0 Å². The Kier molecular flexibility index (Phi) is 6.41. The third kappa shape index (κ3) is 6.58. The maximum Gasteiger partial charge on any atom is 0.573 e. The first-order chi connectivity index (χ1) is 10.6. The lowest BCUT2D eigenvalue weighted by molar-refractivity contribution is -0.274. The molecule has 1 rings (SSSR count). The number of ether oxygens (including phenoxy) is 1. The van der Waals surface area contributed by atoms with Gasteiger partial charge in [0.25, 0.3) is 0 Å². The minimum atomic E-state index is -4.82. The molecule has 2 N–H and O–H groups in total. The molecule has 0 radical (unpaired) electrons. The number of para-hydroxylation sites is 1. The van der Waals surface area contributed by atoms with Gasteiger partial charge in [0, 0.05) is 6.42 Å². The molecule has 0 aliphatic carbocycles. The molecule has 0 heterocycles. The fourth-order valence-corrected chi connectivity index (χ4v) is 1.94. The average Bonchev–Trinajstić information content (AvgIpc) is 2.41. The topological polar surface area (TPSA) is 75.6 Å². The number of hydrogen-bond acceptors (Lipinski definition) is 3. The number of amides is 1. The van der Waals surface area contributed by atoms with Gasteiger partial charge in [-0.25, -0.2) is 4.79 Å². The maximum absolute atomic E-state index is 12.3. The van der Waals surface area contributed by atoms with Crippen molar-refractivity contribution < 1.29 is 32.6 Å². The van der Waals surface area contributed by atoms with E-state index < -0.39 is 24.3 Å². The fraction of sp³-hybridized carbons (Fsp3) is 0.467. The van der Waals surface area contributed by atoms with Gasteiger partial charge in [0.2, 0.25) is 5.91 Å². The Morgan fingerprint density at radius 2 is 1.87 bits per heavy atom. The van der Waals surface area contributed by atoms with Crippen LogP contribution in [0.15, 0.2) is 24.3 Å². The molecule has 0 fully saturated rings. The van der Waals surface area contributed by atoms with Crippen molar-refractivity contribution in [2.24, 2.45) is 5.92 Å². The molecule has 8 heteroatoms. The molecule has 0 bridgehead atoms. The molecule has 0 aliphatic rings. The quantitative estimate of drug-likeness (QED) is 0.804. The number of benzene rings is 1. The van der Waals surface area contributed by atoms with Gasteiger partial charge in [-0.3, -0.25) is 4.79 Å². The SMILES string of the molecule is CC(C)C(NC(=O)CCc1ccccc1OC(F)(F)F)C(=O)O. The first-order valence-corrected chi connectivity index (χ1v) is 6.96. The van der Waals surface area contributed by atoms with Crippen LogP contribution in [0.5, 0.6) is 5.75 Å². The van der Waals surface area contributed by atoms with E-state index >= 15 is 0 Å². The molecule has 1 aromatic carbocycles. The van der Waals surface area contributed by atoms with Crippen molar-refractivity contribution in [1.29, 1.82) is 0 Å². The second-order valence-corrected chi connectivity index (χ2v) is 5.28. The summed E-state index contributed by atoms with van der Waals surface area (Å²) in [5, 5.41) is 11.3. The van der Waals surface area contributed by atoms with E-state index in [0.29, 0.717) is 0 Å². The van der Waals surface area contributed by atoms with Crippen molar-refractivity contribution in [3.63, 3.8) is 0 Å². The van der Waals surface area contributed by atoms with E-state index in [4.69, 9.17) is 5.11 Å². The standard InChI is InChI=1S/C15H18F3NO4/c1-9(2)13(14(21)22)19-12(20)8-7-10-5-3-4-6-11(10)23-15(16,17)18/h3-6,9,13H,7-8H2,1-2H3,(H,19,20)(H,21,22). The summed E-state index contributed by atoms with van der Waals surface area (Å²) in [5.74, 6) is -2.38. The van der Waals surface area contributed by atoms with Crippen LogP contribution in [0.1, 0.15) is 25.8 Å². The van der Waals surface area contributed by atoms with Gasteiger partial charge in [0.15, 0.2) is 0 Å². The normalized spacial score (nSPS) is 12.8.